The van der Waals surface area contributed by atoms with Gasteiger partial charge in [-0.2, -0.15) is 5.26 Å². The van der Waals surface area contributed by atoms with E-state index in [-0.39, 0.29) is 24.0 Å². The second kappa shape index (κ2) is 20.6. The number of likely N-dealkylation sites (N-methyl/N-ethyl adjacent to an activating group) is 2. The lowest BCUT2D eigenvalue weighted by Crippen LogP contribution is -2.48. The van der Waals surface area contributed by atoms with Crippen molar-refractivity contribution < 1.29 is 19.2 Å². The number of nitrogens with one attached hydrogen (secondary N) is 3. The molecule has 0 aromatic carbocycles. The maximum absolute atomic E-state index is 12.8. The van der Waals surface area contributed by atoms with Crippen LogP contribution in [0.4, 0.5) is 0 Å². The topological polar surface area (TPSA) is 131 Å². The molecule has 9 nitrogen and oxygen atoms in total. The van der Waals surface area contributed by atoms with Crippen molar-refractivity contribution in [2.75, 3.05) is 21.1 Å². The minimum absolute atomic E-state index is 0.0626. The van der Waals surface area contributed by atoms with Crippen molar-refractivity contribution in [1.82, 2.24) is 20.9 Å². The number of carbonyl (C=O) groups excluding carboxylic acids is 4. The SMILES string of the molecule is C=O.CNC(C#N)CCCC(CCCCC(NC)C(=O)N(C)[C@@H](C=O)CC(C)C)NC=O. The Morgan fingerprint density at radius 2 is 1.62 bits per heavy atom. The van der Waals surface area contributed by atoms with Crippen LogP contribution in [-0.4, -0.2) is 75.6 Å². The predicted octanol–water partition coefficient (Wildman–Crippen LogP) is 1.42. The third-order valence-electron chi connectivity index (χ3n) is 5.51. The summed E-state index contributed by atoms with van der Waals surface area (Å²) >= 11 is 0. The average Bonchev–Trinajstić information content (AvgIpc) is 2.80. The van der Waals surface area contributed by atoms with Gasteiger partial charge in [-0.1, -0.05) is 26.7 Å². The fraction of sp³-hybridized carbons (Fsp3) is 0.783. The molecule has 0 saturated carbocycles. The van der Waals surface area contributed by atoms with Gasteiger partial charge >= 0.3 is 0 Å². The Morgan fingerprint density at radius 3 is 2.09 bits per heavy atom. The van der Waals surface area contributed by atoms with Gasteiger partial charge in [0.2, 0.25) is 12.3 Å². The van der Waals surface area contributed by atoms with E-state index in [0.717, 1.165) is 51.2 Å². The van der Waals surface area contributed by atoms with E-state index in [1.54, 1.807) is 26.0 Å². The number of nitriles is 1. The molecule has 3 unspecified atom stereocenters. The first-order chi connectivity index (χ1) is 15.3. The van der Waals surface area contributed by atoms with Crippen molar-refractivity contribution in [3.8, 4) is 6.07 Å². The summed E-state index contributed by atoms with van der Waals surface area (Å²) in [4.78, 5) is 44.6. The zero-order valence-electron chi connectivity index (χ0n) is 20.4. The van der Waals surface area contributed by atoms with Crippen LogP contribution < -0.4 is 16.0 Å². The summed E-state index contributed by atoms with van der Waals surface area (Å²) in [6, 6.07) is 1.40. The van der Waals surface area contributed by atoms with Gasteiger partial charge in [-0.3, -0.25) is 9.59 Å². The normalized spacial score (nSPS) is 14.2. The van der Waals surface area contributed by atoms with E-state index in [0.29, 0.717) is 18.8 Å². The van der Waals surface area contributed by atoms with Crippen molar-refractivity contribution >= 4 is 25.4 Å². The zero-order valence-corrected chi connectivity index (χ0v) is 20.4. The molecule has 0 fully saturated rings. The minimum atomic E-state index is -0.399. The first-order valence-corrected chi connectivity index (χ1v) is 11.3. The number of aldehydes is 1. The molecule has 32 heavy (non-hydrogen) atoms. The number of hydrogen-bond acceptors (Lipinski definition) is 7. The number of amides is 2. The number of hydrogen-bond donors (Lipinski definition) is 3. The maximum Gasteiger partial charge on any atom is 0.240 e. The number of carbonyl (C=O) groups is 4. The molecule has 0 aromatic heterocycles. The van der Waals surface area contributed by atoms with Crippen LogP contribution in [0.2, 0.25) is 0 Å². The van der Waals surface area contributed by atoms with Crippen LogP contribution in [0.25, 0.3) is 0 Å². The molecule has 0 aliphatic carbocycles. The molecule has 9 heteroatoms. The Bertz CT molecular complexity index is 553. The Balaban J connectivity index is 0. The van der Waals surface area contributed by atoms with Gasteiger partial charge in [0.15, 0.2) is 0 Å². The molecule has 0 spiro atoms. The van der Waals surface area contributed by atoms with Gasteiger partial charge < -0.3 is 30.4 Å². The summed E-state index contributed by atoms with van der Waals surface area (Å²) in [5, 5.41) is 17.9. The van der Waals surface area contributed by atoms with Crippen LogP contribution in [-0.2, 0) is 19.2 Å². The van der Waals surface area contributed by atoms with E-state index in [2.05, 4.69) is 22.0 Å². The molecule has 2 amide bonds. The molecule has 0 bridgehead atoms. The monoisotopic (exact) mass is 453 g/mol. The molecule has 184 valence electrons. The van der Waals surface area contributed by atoms with Crippen molar-refractivity contribution in [2.45, 2.75) is 89.4 Å². The van der Waals surface area contributed by atoms with Gasteiger partial charge in [-0.15, -0.1) is 0 Å². The molecule has 0 radical (unpaired) electrons. The molecular formula is C23H43N5O4. The first kappa shape index (κ1) is 31.9. The van der Waals surface area contributed by atoms with Crippen LogP contribution in [0.3, 0.4) is 0 Å². The number of rotatable bonds is 18. The summed E-state index contributed by atoms with van der Waals surface area (Å²) in [6.07, 6.45) is 7.91. The standard InChI is InChI=1S/C22H41N5O3.CH2O/c1-17(2)13-20(15-28)27(5)22(30)21(25-4)12-7-6-9-18(26-16-29)10-8-11-19(14-23)24-3;1-2/h15-21,24-25H,6-13H2,1-5H3,(H,26,29);1H2/t18?,19?,20-,21?;/m1./s1. The fourth-order valence-electron chi connectivity index (χ4n) is 3.58. The molecule has 3 N–H and O–H groups in total. The molecule has 0 aliphatic rings. The molecule has 0 aliphatic heterocycles. The Labute approximate surface area is 193 Å². The molecule has 0 rings (SSSR count). The van der Waals surface area contributed by atoms with Crippen LogP contribution in [0.15, 0.2) is 0 Å². The predicted molar refractivity (Wildman–Crippen MR) is 126 cm³/mol. The van der Waals surface area contributed by atoms with Crippen molar-refractivity contribution in [1.29, 1.82) is 5.26 Å². The summed E-state index contributed by atoms with van der Waals surface area (Å²) < 4.78 is 0. The lowest BCUT2D eigenvalue weighted by atomic mass is 9.99. The summed E-state index contributed by atoms with van der Waals surface area (Å²) in [5.74, 6) is 0.273. The molecule has 0 aromatic rings. The van der Waals surface area contributed by atoms with Gasteiger partial charge in [-0.05, 0) is 58.5 Å². The Kier molecular flexibility index (Phi) is 20.5. The van der Waals surface area contributed by atoms with E-state index in [1.165, 1.54) is 0 Å². The van der Waals surface area contributed by atoms with E-state index in [9.17, 15) is 14.4 Å². The Morgan fingerprint density at radius 1 is 1.03 bits per heavy atom. The highest BCUT2D eigenvalue weighted by Crippen LogP contribution is 2.14. The molecule has 4 atom stereocenters. The summed E-state index contributed by atoms with van der Waals surface area (Å²) in [7, 11) is 5.23. The highest BCUT2D eigenvalue weighted by molar-refractivity contribution is 5.84. The molecule has 0 heterocycles. The van der Waals surface area contributed by atoms with Crippen LogP contribution in [0.5, 0.6) is 0 Å². The van der Waals surface area contributed by atoms with Crippen LogP contribution in [0.1, 0.15) is 65.2 Å². The van der Waals surface area contributed by atoms with Crippen molar-refractivity contribution in [3.63, 3.8) is 0 Å². The lowest BCUT2D eigenvalue weighted by Gasteiger charge is -2.29. The number of nitrogens with zero attached hydrogens (tertiary/aromatic N) is 2. The van der Waals surface area contributed by atoms with Gasteiger partial charge in [0.1, 0.15) is 13.1 Å². The smallest absolute Gasteiger partial charge is 0.240 e. The highest BCUT2D eigenvalue weighted by atomic mass is 16.2. The highest BCUT2D eigenvalue weighted by Gasteiger charge is 2.26. The van der Waals surface area contributed by atoms with Gasteiger partial charge in [0.25, 0.3) is 0 Å². The van der Waals surface area contributed by atoms with Gasteiger partial charge in [0.05, 0.1) is 24.2 Å². The third kappa shape index (κ3) is 13.9. The lowest BCUT2D eigenvalue weighted by molar-refractivity contribution is -0.137. The van der Waals surface area contributed by atoms with E-state index in [1.807, 2.05) is 20.6 Å². The Hall–Kier alpha value is -2.31. The minimum Gasteiger partial charge on any atom is -0.356 e. The van der Waals surface area contributed by atoms with Crippen LogP contribution >= 0.6 is 0 Å². The van der Waals surface area contributed by atoms with E-state index in [4.69, 9.17) is 10.1 Å². The zero-order chi connectivity index (χ0) is 24.9. The second-order valence-corrected chi connectivity index (χ2v) is 8.29. The second-order valence-electron chi connectivity index (χ2n) is 8.29. The van der Waals surface area contributed by atoms with E-state index < -0.39 is 6.04 Å². The quantitative estimate of drug-likeness (QED) is 0.211. The third-order valence-corrected chi connectivity index (χ3v) is 5.51. The molecular weight excluding hydrogens is 410 g/mol. The fourth-order valence-corrected chi connectivity index (χ4v) is 3.58. The van der Waals surface area contributed by atoms with Crippen LogP contribution in [0, 0.1) is 17.2 Å². The van der Waals surface area contributed by atoms with Crippen molar-refractivity contribution in [2.24, 2.45) is 5.92 Å². The van der Waals surface area contributed by atoms with Crippen molar-refractivity contribution in [3.05, 3.63) is 0 Å². The van der Waals surface area contributed by atoms with Gasteiger partial charge in [-0.25, -0.2) is 0 Å². The largest absolute Gasteiger partial charge is 0.356 e. The first-order valence-electron chi connectivity index (χ1n) is 11.3. The van der Waals surface area contributed by atoms with E-state index >= 15 is 0 Å². The average molecular weight is 454 g/mol. The summed E-state index contributed by atoms with van der Waals surface area (Å²) in [5.41, 5.74) is 0. The molecule has 0 saturated heterocycles. The maximum atomic E-state index is 12.8. The number of unbranched alkanes of at least 4 members (excludes halogenated alkanes) is 1. The van der Waals surface area contributed by atoms with Gasteiger partial charge in [0, 0.05) is 13.1 Å². The summed E-state index contributed by atoms with van der Waals surface area (Å²) in [6.45, 7) is 6.07.